The molecule has 0 unspecified atom stereocenters. The van der Waals surface area contributed by atoms with Crippen molar-refractivity contribution in [2.75, 3.05) is 37.7 Å². The van der Waals surface area contributed by atoms with Gasteiger partial charge >= 0.3 is 0 Å². The Labute approximate surface area is 156 Å². The maximum atomic E-state index is 13.4. The molecule has 0 radical (unpaired) electrons. The summed E-state index contributed by atoms with van der Waals surface area (Å²) in [6.45, 7) is 7.32. The van der Waals surface area contributed by atoms with Crippen molar-refractivity contribution in [1.82, 2.24) is 14.9 Å². The number of aromatic amines is 1. The third kappa shape index (κ3) is 4.27. The summed E-state index contributed by atoms with van der Waals surface area (Å²) in [7, 11) is 0. The van der Waals surface area contributed by atoms with Crippen molar-refractivity contribution in [3.63, 3.8) is 0 Å². The van der Waals surface area contributed by atoms with Crippen LogP contribution in [0.3, 0.4) is 0 Å². The zero-order valence-electron chi connectivity index (χ0n) is 15.7. The number of anilines is 1. The minimum atomic E-state index is -0.865. The molecule has 2 aromatic rings. The first kappa shape index (κ1) is 18.9. The Morgan fingerprint density at radius 3 is 2.59 bits per heavy atom. The number of nitrogens with zero attached hydrogens (tertiary/aromatic N) is 3. The third-order valence-corrected chi connectivity index (χ3v) is 4.64. The van der Waals surface area contributed by atoms with Crippen molar-refractivity contribution in [1.29, 1.82) is 0 Å². The number of rotatable bonds is 4. The van der Waals surface area contributed by atoms with Gasteiger partial charge in [-0.25, -0.2) is 4.98 Å². The lowest BCUT2D eigenvalue weighted by Crippen LogP contribution is -2.50. The molecule has 144 valence electrons. The highest BCUT2D eigenvalue weighted by atomic mass is 19.1. The van der Waals surface area contributed by atoms with E-state index in [4.69, 9.17) is 4.74 Å². The average Bonchev–Trinajstić information content (AvgIpc) is 2.66. The van der Waals surface area contributed by atoms with Gasteiger partial charge < -0.3 is 14.5 Å². The fourth-order valence-electron chi connectivity index (χ4n) is 2.97. The summed E-state index contributed by atoms with van der Waals surface area (Å²) >= 11 is 0. The number of nitrogens with one attached hydrogen (secondary N) is 1. The Morgan fingerprint density at radius 2 is 1.93 bits per heavy atom. The van der Waals surface area contributed by atoms with E-state index < -0.39 is 11.4 Å². The van der Waals surface area contributed by atoms with E-state index in [1.807, 2.05) is 36.9 Å². The summed E-state index contributed by atoms with van der Waals surface area (Å²) in [5.74, 6) is 0.0895. The molecule has 3 rings (SSSR count). The molecule has 0 atom stereocenters. The molecule has 1 N–H and O–H groups in total. The van der Waals surface area contributed by atoms with Gasteiger partial charge in [0.25, 0.3) is 11.5 Å². The number of hydrogen-bond acceptors (Lipinski definition) is 5. The lowest BCUT2D eigenvalue weighted by atomic mass is 10.1. The van der Waals surface area contributed by atoms with Crippen LogP contribution in [0, 0.1) is 26.6 Å². The number of piperazine rings is 1. The highest BCUT2D eigenvalue weighted by Crippen LogP contribution is 2.19. The highest BCUT2D eigenvalue weighted by Gasteiger charge is 2.23. The molecule has 1 aromatic carbocycles. The maximum Gasteiger partial charge on any atom is 0.288 e. The number of halogens is 1. The van der Waals surface area contributed by atoms with Gasteiger partial charge in [-0.15, -0.1) is 0 Å². The summed E-state index contributed by atoms with van der Waals surface area (Å²) in [6, 6.07) is 5.88. The smallest absolute Gasteiger partial charge is 0.288 e. The molecule has 0 spiro atoms. The fourth-order valence-corrected chi connectivity index (χ4v) is 2.97. The van der Waals surface area contributed by atoms with E-state index >= 15 is 0 Å². The predicted molar refractivity (Wildman–Crippen MR) is 99.8 cm³/mol. The van der Waals surface area contributed by atoms with E-state index in [0.717, 1.165) is 11.1 Å². The number of aryl methyl sites for hydroxylation is 3. The van der Waals surface area contributed by atoms with E-state index in [1.165, 1.54) is 6.92 Å². The molecule has 7 nitrogen and oxygen atoms in total. The predicted octanol–water partition coefficient (Wildman–Crippen LogP) is 1.56. The maximum absolute atomic E-state index is 13.4. The van der Waals surface area contributed by atoms with Crippen LogP contribution in [-0.4, -0.2) is 53.6 Å². The van der Waals surface area contributed by atoms with Crippen molar-refractivity contribution < 1.29 is 13.9 Å². The Balaban J connectivity index is 1.56. The number of benzene rings is 1. The van der Waals surface area contributed by atoms with Crippen molar-refractivity contribution in [2.45, 2.75) is 20.8 Å². The van der Waals surface area contributed by atoms with Crippen LogP contribution in [0.15, 0.2) is 23.0 Å². The first-order valence-electron chi connectivity index (χ1n) is 8.84. The number of aromatic nitrogens is 2. The average molecular weight is 374 g/mol. The number of hydrogen-bond donors (Lipinski definition) is 1. The van der Waals surface area contributed by atoms with Crippen LogP contribution in [0.5, 0.6) is 5.75 Å². The lowest BCUT2D eigenvalue weighted by molar-refractivity contribution is -0.133. The Morgan fingerprint density at radius 1 is 1.22 bits per heavy atom. The number of amides is 1. The van der Waals surface area contributed by atoms with Gasteiger partial charge in [-0.2, -0.15) is 4.39 Å². The molecule has 1 amide bonds. The molecule has 1 aliphatic heterocycles. The van der Waals surface area contributed by atoms with Crippen LogP contribution >= 0.6 is 0 Å². The fraction of sp³-hybridized carbons (Fsp3) is 0.421. The van der Waals surface area contributed by atoms with E-state index in [-0.39, 0.29) is 18.2 Å². The summed E-state index contributed by atoms with van der Waals surface area (Å²) in [4.78, 5) is 34.1. The molecular weight excluding hydrogens is 351 g/mol. The van der Waals surface area contributed by atoms with Gasteiger partial charge in [0.2, 0.25) is 11.8 Å². The minimum Gasteiger partial charge on any atom is -0.483 e. The van der Waals surface area contributed by atoms with Gasteiger partial charge in [-0.1, -0.05) is 12.1 Å². The molecule has 1 saturated heterocycles. The van der Waals surface area contributed by atoms with Crippen LogP contribution in [0.2, 0.25) is 0 Å². The normalized spacial score (nSPS) is 14.4. The first-order valence-corrected chi connectivity index (χ1v) is 8.84. The molecule has 8 heteroatoms. The highest BCUT2D eigenvalue weighted by molar-refractivity contribution is 5.78. The quantitative estimate of drug-likeness (QED) is 0.879. The van der Waals surface area contributed by atoms with Crippen LogP contribution in [0.4, 0.5) is 10.3 Å². The van der Waals surface area contributed by atoms with Crippen molar-refractivity contribution >= 4 is 11.9 Å². The van der Waals surface area contributed by atoms with Crippen LogP contribution in [-0.2, 0) is 4.79 Å². The molecule has 0 saturated carbocycles. The zero-order chi connectivity index (χ0) is 19.6. The second kappa shape index (κ2) is 7.77. The SMILES string of the molecule is Cc1ccc(C)c(OCC(=O)N2CCN(c3nc(C)c(F)c(=O)[nH]3)CC2)c1. The topological polar surface area (TPSA) is 78.5 Å². The van der Waals surface area contributed by atoms with E-state index in [0.29, 0.717) is 37.9 Å². The van der Waals surface area contributed by atoms with E-state index in [2.05, 4.69) is 9.97 Å². The first-order chi connectivity index (χ1) is 12.8. The van der Waals surface area contributed by atoms with Gasteiger partial charge in [0.15, 0.2) is 6.61 Å². The molecule has 0 bridgehead atoms. The van der Waals surface area contributed by atoms with Crippen LogP contribution < -0.4 is 15.2 Å². The Bertz CT molecular complexity index is 904. The zero-order valence-corrected chi connectivity index (χ0v) is 15.7. The number of carbonyl (C=O) groups excluding carboxylic acids is 1. The van der Waals surface area contributed by atoms with E-state index in [1.54, 1.807) is 4.90 Å². The number of carbonyl (C=O) groups is 1. The summed E-state index contributed by atoms with van der Waals surface area (Å²) in [5.41, 5.74) is 1.35. The lowest BCUT2D eigenvalue weighted by Gasteiger charge is -2.35. The molecule has 1 aliphatic rings. The van der Waals surface area contributed by atoms with Gasteiger partial charge in [-0.3, -0.25) is 14.6 Å². The molecule has 2 heterocycles. The van der Waals surface area contributed by atoms with Gasteiger partial charge in [0.05, 0.1) is 5.69 Å². The third-order valence-electron chi connectivity index (χ3n) is 4.64. The Hall–Kier alpha value is -2.90. The summed E-state index contributed by atoms with van der Waals surface area (Å²) in [5, 5.41) is 0. The minimum absolute atomic E-state index is 0.0188. The van der Waals surface area contributed by atoms with Gasteiger partial charge in [0.1, 0.15) is 5.75 Å². The van der Waals surface area contributed by atoms with Crippen LogP contribution in [0.1, 0.15) is 16.8 Å². The molecular formula is C19H23FN4O3. The van der Waals surface area contributed by atoms with Crippen LogP contribution in [0.25, 0.3) is 0 Å². The number of H-pyrrole nitrogens is 1. The van der Waals surface area contributed by atoms with Crippen molar-refractivity contribution in [2.24, 2.45) is 0 Å². The van der Waals surface area contributed by atoms with Gasteiger partial charge in [-0.05, 0) is 38.0 Å². The Kier molecular flexibility index (Phi) is 5.43. The second-order valence-electron chi connectivity index (χ2n) is 6.71. The second-order valence-corrected chi connectivity index (χ2v) is 6.71. The monoisotopic (exact) mass is 374 g/mol. The molecule has 1 aromatic heterocycles. The summed E-state index contributed by atoms with van der Waals surface area (Å²) in [6.07, 6.45) is 0. The molecule has 1 fully saturated rings. The van der Waals surface area contributed by atoms with Crippen molar-refractivity contribution in [3.05, 3.63) is 51.2 Å². The number of ether oxygens (including phenoxy) is 1. The van der Waals surface area contributed by atoms with Crippen molar-refractivity contribution in [3.8, 4) is 5.75 Å². The largest absolute Gasteiger partial charge is 0.483 e. The van der Waals surface area contributed by atoms with Gasteiger partial charge in [0, 0.05) is 26.2 Å². The van der Waals surface area contributed by atoms with E-state index in [9.17, 15) is 14.0 Å². The standard InChI is InChI=1S/C19H23FN4O3/c1-12-4-5-13(2)15(10-12)27-11-16(25)23-6-8-24(9-7-23)19-21-14(3)17(20)18(26)22-19/h4-5,10H,6-9,11H2,1-3H3,(H,21,22,26). The summed E-state index contributed by atoms with van der Waals surface area (Å²) < 4.78 is 19.1. The molecule has 27 heavy (non-hydrogen) atoms. The molecule has 0 aliphatic carbocycles.